The molecule has 0 aliphatic rings. The minimum absolute atomic E-state index is 0.165. The van der Waals surface area contributed by atoms with E-state index in [0.29, 0.717) is 0 Å². The molecule has 1 rings (SSSR count). The topological polar surface area (TPSA) is 26.3 Å². The summed E-state index contributed by atoms with van der Waals surface area (Å²) in [4.78, 5) is 11.8. The second-order valence-corrected chi connectivity index (χ2v) is 5.11. The van der Waals surface area contributed by atoms with Crippen LogP contribution in [0.2, 0.25) is 0 Å². The van der Waals surface area contributed by atoms with Gasteiger partial charge in [0, 0.05) is 0 Å². The quantitative estimate of drug-likeness (QED) is 0.581. The zero-order chi connectivity index (χ0) is 17.3. The Labute approximate surface area is 123 Å². The maximum atomic E-state index is 12.8. The molecule has 0 radical (unpaired) electrons. The Morgan fingerprint density at radius 2 is 1.55 bits per heavy atom. The van der Waals surface area contributed by atoms with Gasteiger partial charge < -0.3 is 4.74 Å². The van der Waals surface area contributed by atoms with Crippen molar-refractivity contribution in [2.75, 3.05) is 0 Å². The molecule has 0 aliphatic heterocycles. The van der Waals surface area contributed by atoms with Crippen LogP contribution in [-0.2, 0) is 17.1 Å². The maximum absolute atomic E-state index is 12.8. The molecule has 0 N–H and O–H groups in total. The van der Waals surface area contributed by atoms with Crippen molar-refractivity contribution in [2.45, 2.75) is 39.2 Å². The van der Waals surface area contributed by atoms with Crippen molar-refractivity contribution >= 4 is 5.97 Å². The Balaban J connectivity index is 3.31. The predicted octanol–water partition coefficient (Wildman–Crippen LogP) is 4.93. The van der Waals surface area contributed by atoms with E-state index in [4.69, 9.17) is 4.74 Å². The molecular formula is C14H14F6O2. The molecule has 0 saturated heterocycles. The fraction of sp³-hybridized carbons (Fsp3) is 0.500. The van der Waals surface area contributed by atoms with Crippen LogP contribution in [0.4, 0.5) is 26.3 Å². The lowest BCUT2D eigenvalue weighted by atomic mass is 10.0. The van der Waals surface area contributed by atoms with Gasteiger partial charge in [-0.3, -0.25) is 0 Å². The van der Waals surface area contributed by atoms with E-state index in [0.717, 1.165) is 0 Å². The summed E-state index contributed by atoms with van der Waals surface area (Å²) < 4.78 is 81.2. The van der Waals surface area contributed by atoms with Crippen molar-refractivity contribution in [3.63, 3.8) is 0 Å². The Morgan fingerprint density at radius 3 is 1.95 bits per heavy atom. The van der Waals surface area contributed by atoms with Gasteiger partial charge in [0.1, 0.15) is 6.10 Å². The first-order valence-electron chi connectivity index (χ1n) is 6.33. The van der Waals surface area contributed by atoms with Crippen LogP contribution in [-0.4, -0.2) is 12.1 Å². The first-order valence-corrected chi connectivity index (χ1v) is 6.33. The number of esters is 1. The normalized spacial score (nSPS) is 14.1. The van der Waals surface area contributed by atoms with Gasteiger partial charge in [0.15, 0.2) is 0 Å². The molecule has 0 aliphatic carbocycles. The lowest BCUT2D eigenvalue weighted by molar-refractivity contribution is -0.141. The molecule has 1 aromatic rings. The molecule has 0 aromatic heterocycles. The summed E-state index contributed by atoms with van der Waals surface area (Å²) in [6.45, 7) is 4.77. The standard InChI is InChI=1S/C14H14F6O2/c1-7(2)8(3)22-12(21)10-6-9(13(15,16)17)4-5-11(10)14(18,19)20/h4-8H,1-3H3. The molecule has 22 heavy (non-hydrogen) atoms. The van der Waals surface area contributed by atoms with Gasteiger partial charge in [0.2, 0.25) is 0 Å². The average molecular weight is 328 g/mol. The third-order valence-electron chi connectivity index (χ3n) is 3.10. The summed E-state index contributed by atoms with van der Waals surface area (Å²) in [5, 5.41) is 0. The van der Waals surface area contributed by atoms with E-state index in [1.54, 1.807) is 13.8 Å². The van der Waals surface area contributed by atoms with Crippen LogP contribution in [0.3, 0.4) is 0 Å². The molecule has 0 bridgehead atoms. The van der Waals surface area contributed by atoms with Crippen molar-refractivity contribution < 1.29 is 35.9 Å². The van der Waals surface area contributed by atoms with Crippen molar-refractivity contribution in [2.24, 2.45) is 5.92 Å². The number of benzene rings is 1. The van der Waals surface area contributed by atoms with E-state index < -0.39 is 41.1 Å². The zero-order valence-corrected chi connectivity index (χ0v) is 12.0. The van der Waals surface area contributed by atoms with E-state index in [9.17, 15) is 31.1 Å². The Kier molecular flexibility index (Phi) is 5.14. The van der Waals surface area contributed by atoms with Crippen LogP contribution in [0, 0.1) is 5.92 Å². The van der Waals surface area contributed by atoms with Crippen molar-refractivity contribution in [1.29, 1.82) is 0 Å². The summed E-state index contributed by atoms with van der Waals surface area (Å²) in [7, 11) is 0. The number of alkyl halides is 6. The van der Waals surface area contributed by atoms with Crippen molar-refractivity contribution in [1.82, 2.24) is 0 Å². The fourth-order valence-corrected chi connectivity index (χ4v) is 1.51. The second kappa shape index (κ2) is 6.18. The number of carbonyl (C=O) groups excluding carboxylic acids is 1. The summed E-state index contributed by atoms with van der Waals surface area (Å²) in [6, 6.07) is 0.684. The molecule has 0 amide bonds. The number of rotatable bonds is 3. The first-order chi connectivity index (χ1) is 9.84. The predicted molar refractivity (Wildman–Crippen MR) is 66.2 cm³/mol. The molecule has 0 fully saturated rings. The van der Waals surface area contributed by atoms with Gasteiger partial charge in [0.05, 0.1) is 16.7 Å². The first kappa shape index (κ1) is 18.3. The van der Waals surface area contributed by atoms with E-state index in [1.165, 1.54) is 6.92 Å². The Bertz CT molecular complexity index is 545. The maximum Gasteiger partial charge on any atom is 0.417 e. The molecule has 8 heteroatoms. The van der Waals surface area contributed by atoms with E-state index >= 15 is 0 Å². The highest BCUT2D eigenvalue weighted by molar-refractivity contribution is 5.91. The molecular weight excluding hydrogens is 314 g/mol. The van der Waals surface area contributed by atoms with Gasteiger partial charge >= 0.3 is 18.3 Å². The van der Waals surface area contributed by atoms with Gasteiger partial charge in [0.25, 0.3) is 0 Å². The van der Waals surface area contributed by atoms with Gasteiger partial charge in [-0.25, -0.2) is 4.79 Å². The number of hydrogen-bond acceptors (Lipinski definition) is 2. The van der Waals surface area contributed by atoms with Gasteiger partial charge in [-0.1, -0.05) is 13.8 Å². The van der Waals surface area contributed by atoms with E-state index in [2.05, 4.69) is 0 Å². The largest absolute Gasteiger partial charge is 0.459 e. The Morgan fingerprint density at radius 1 is 1.00 bits per heavy atom. The number of hydrogen-bond donors (Lipinski definition) is 0. The molecule has 0 spiro atoms. The van der Waals surface area contributed by atoms with Crippen LogP contribution < -0.4 is 0 Å². The van der Waals surface area contributed by atoms with Gasteiger partial charge in [-0.15, -0.1) is 0 Å². The summed E-state index contributed by atoms with van der Waals surface area (Å²) in [5.41, 5.74) is -3.94. The molecule has 1 aromatic carbocycles. The molecule has 0 saturated carbocycles. The summed E-state index contributed by atoms with van der Waals surface area (Å²) >= 11 is 0. The third-order valence-corrected chi connectivity index (χ3v) is 3.10. The van der Waals surface area contributed by atoms with Gasteiger partial charge in [-0.2, -0.15) is 26.3 Å². The molecule has 2 nitrogen and oxygen atoms in total. The number of halogens is 6. The second-order valence-electron chi connectivity index (χ2n) is 5.11. The van der Waals surface area contributed by atoms with E-state index in [1.807, 2.05) is 0 Å². The van der Waals surface area contributed by atoms with Crippen LogP contribution in [0.5, 0.6) is 0 Å². The monoisotopic (exact) mass is 328 g/mol. The highest BCUT2D eigenvalue weighted by Crippen LogP contribution is 2.37. The number of carbonyl (C=O) groups is 1. The smallest absolute Gasteiger partial charge is 0.417 e. The lowest BCUT2D eigenvalue weighted by Gasteiger charge is -2.19. The molecule has 124 valence electrons. The van der Waals surface area contributed by atoms with Crippen LogP contribution in [0.15, 0.2) is 18.2 Å². The van der Waals surface area contributed by atoms with Crippen LogP contribution >= 0.6 is 0 Å². The minimum Gasteiger partial charge on any atom is -0.459 e. The summed E-state index contributed by atoms with van der Waals surface area (Å²) in [6.07, 6.45) is -10.6. The van der Waals surface area contributed by atoms with Crippen molar-refractivity contribution in [3.05, 3.63) is 34.9 Å². The van der Waals surface area contributed by atoms with Crippen molar-refractivity contribution in [3.8, 4) is 0 Å². The highest BCUT2D eigenvalue weighted by Gasteiger charge is 2.39. The molecule has 1 atom stereocenters. The fourth-order valence-electron chi connectivity index (χ4n) is 1.51. The number of ether oxygens (including phenoxy) is 1. The highest BCUT2D eigenvalue weighted by atomic mass is 19.4. The zero-order valence-electron chi connectivity index (χ0n) is 12.0. The van der Waals surface area contributed by atoms with E-state index in [-0.39, 0.29) is 24.1 Å². The van der Waals surface area contributed by atoms with Gasteiger partial charge in [-0.05, 0) is 31.0 Å². The average Bonchev–Trinajstić information content (AvgIpc) is 2.35. The minimum atomic E-state index is -4.96. The summed E-state index contributed by atoms with van der Waals surface area (Å²) in [5.74, 6) is -1.62. The lowest BCUT2D eigenvalue weighted by Crippen LogP contribution is -2.23. The third kappa shape index (κ3) is 4.38. The van der Waals surface area contributed by atoms with Crippen LogP contribution in [0.25, 0.3) is 0 Å². The van der Waals surface area contributed by atoms with Crippen LogP contribution in [0.1, 0.15) is 42.3 Å². The molecule has 0 heterocycles. The molecule has 1 unspecified atom stereocenters. The SMILES string of the molecule is CC(C)C(C)OC(=O)c1cc(C(F)(F)F)ccc1C(F)(F)F. The Hall–Kier alpha value is -1.73.